The van der Waals surface area contributed by atoms with E-state index in [9.17, 15) is 26.0 Å². The summed E-state index contributed by atoms with van der Waals surface area (Å²) in [6.07, 6.45) is -1.68. The molecule has 3 aromatic rings. The van der Waals surface area contributed by atoms with Crippen LogP contribution in [-0.2, 0) is 16.2 Å². The number of rotatable bonds is 4. The Morgan fingerprint density at radius 2 is 1.76 bits per heavy atom. The van der Waals surface area contributed by atoms with E-state index in [0.717, 1.165) is 22.5 Å². The molecular formula is C23H16ClF4NO3S. The lowest BCUT2D eigenvalue weighted by Crippen LogP contribution is -2.38. The first kappa shape index (κ1) is 23.1. The average molecular weight is 498 g/mol. The summed E-state index contributed by atoms with van der Waals surface area (Å²) in [6.45, 7) is -0.0525. The summed E-state index contributed by atoms with van der Waals surface area (Å²) in [6, 6.07) is 12.5. The van der Waals surface area contributed by atoms with Crippen molar-refractivity contribution in [1.82, 2.24) is 0 Å². The second-order valence-corrected chi connectivity index (χ2v) is 9.42. The molecule has 0 radical (unpaired) electrons. The number of sulfonamides is 1. The maximum atomic E-state index is 14.0. The molecule has 1 aliphatic rings. The van der Waals surface area contributed by atoms with Gasteiger partial charge in [0.25, 0.3) is 10.0 Å². The van der Waals surface area contributed by atoms with Crippen LogP contribution in [0.4, 0.5) is 23.2 Å². The van der Waals surface area contributed by atoms with Crippen LogP contribution in [0.3, 0.4) is 0 Å². The highest BCUT2D eigenvalue weighted by atomic mass is 35.5. The Kier molecular flexibility index (Phi) is 6.11. The summed E-state index contributed by atoms with van der Waals surface area (Å²) in [5.74, 6) is -0.258. The number of halogens is 5. The Morgan fingerprint density at radius 1 is 1.00 bits per heavy atom. The molecule has 1 aliphatic heterocycles. The molecule has 0 bridgehead atoms. The quantitative estimate of drug-likeness (QED) is 0.316. The molecule has 3 aromatic carbocycles. The van der Waals surface area contributed by atoms with Crippen LogP contribution < -0.4 is 9.04 Å². The molecule has 172 valence electrons. The molecular weight excluding hydrogens is 482 g/mol. The number of fused-ring (bicyclic) bond motifs is 1. The first-order chi connectivity index (χ1) is 15.6. The SMILES string of the molecule is O=S(=O)(c1cccc(C(F)(F)F)c1)N1CCOc2ccc(/C=C/c3c(F)cccc3Cl)cc21. The molecule has 0 aromatic heterocycles. The topological polar surface area (TPSA) is 46.6 Å². The number of alkyl halides is 3. The summed E-state index contributed by atoms with van der Waals surface area (Å²) in [5, 5.41) is 0.210. The second kappa shape index (κ2) is 8.72. The minimum absolute atomic E-state index is 0.0329. The van der Waals surface area contributed by atoms with Crippen LogP contribution in [0.25, 0.3) is 12.2 Å². The number of anilines is 1. The van der Waals surface area contributed by atoms with Gasteiger partial charge in [0.2, 0.25) is 0 Å². The van der Waals surface area contributed by atoms with Gasteiger partial charge in [0.1, 0.15) is 18.2 Å². The maximum Gasteiger partial charge on any atom is 0.416 e. The fourth-order valence-electron chi connectivity index (χ4n) is 3.37. The lowest BCUT2D eigenvalue weighted by atomic mass is 10.1. The van der Waals surface area contributed by atoms with Crippen LogP contribution in [0, 0.1) is 5.82 Å². The minimum Gasteiger partial charge on any atom is -0.489 e. The highest BCUT2D eigenvalue weighted by Gasteiger charge is 2.34. The largest absolute Gasteiger partial charge is 0.489 e. The summed E-state index contributed by atoms with van der Waals surface area (Å²) < 4.78 is 86.3. The third-order valence-corrected chi connectivity index (χ3v) is 7.13. The van der Waals surface area contributed by atoms with E-state index in [-0.39, 0.29) is 35.2 Å². The van der Waals surface area contributed by atoms with Gasteiger partial charge in [-0.05, 0) is 54.1 Å². The van der Waals surface area contributed by atoms with Crippen molar-refractivity contribution in [2.75, 3.05) is 17.5 Å². The molecule has 4 rings (SSSR count). The van der Waals surface area contributed by atoms with E-state index < -0.39 is 32.5 Å². The molecule has 0 unspecified atom stereocenters. The van der Waals surface area contributed by atoms with Crippen molar-refractivity contribution in [2.45, 2.75) is 11.1 Å². The van der Waals surface area contributed by atoms with Crippen LogP contribution in [0.1, 0.15) is 16.7 Å². The first-order valence-electron chi connectivity index (χ1n) is 9.66. The predicted molar refractivity (Wildman–Crippen MR) is 118 cm³/mol. The number of ether oxygens (including phenoxy) is 1. The maximum absolute atomic E-state index is 14.0. The van der Waals surface area contributed by atoms with Crippen molar-refractivity contribution in [2.24, 2.45) is 0 Å². The summed E-state index contributed by atoms with van der Waals surface area (Å²) in [5.41, 5.74) is -0.208. The van der Waals surface area contributed by atoms with Gasteiger partial charge in [0, 0.05) is 5.56 Å². The first-order valence-corrected chi connectivity index (χ1v) is 11.5. The van der Waals surface area contributed by atoms with E-state index in [1.165, 1.54) is 30.3 Å². The lowest BCUT2D eigenvalue weighted by molar-refractivity contribution is -0.137. The highest BCUT2D eigenvalue weighted by Crippen LogP contribution is 2.38. The van der Waals surface area contributed by atoms with Crippen molar-refractivity contribution < 1.29 is 30.7 Å². The van der Waals surface area contributed by atoms with E-state index in [2.05, 4.69) is 0 Å². The van der Waals surface area contributed by atoms with Gasteiger partial charge in [0.05, 0.1) is 27.7 Å². The Morgan fingerprint density at radius 3 is 2.48 bits per heavy atom. The Hall–Kier alpha value is -3.04. The van der Waals surface area contributed by atoms with Crippen LogP contribution in [0.2, 0.25) is 5.02 Å². The number of hydrogen-bond donors (Lipinski definition) is 0. The smallest absolute Gasteiger partial charge is 0.416 e. The van der Waals surface area contributed by atoms with Crippen LogP contribution in [-0.4, -0.2) is 21.6 Å². The van der Waals surface area contributed by atoms with Crippen molar-refractivity contribution in [3.63, 3.8) is 0 Å². The fourth-order valence-corrected chi connectivity index (χ4v) is 5.10. The molecule has 1 heterocycles. The third-order valence-electron chi connectivity index (χ3n) is 5.00. The highest BCUT2D eigenvalue weighted by molar-refractivity contribution is 7.92. The van der Waals surface area contributed by atoms with E-state index in [1.807, 2.05) is 0 Å². The molecule has 0 aliphatic carbocycles. The van der Waals surface area contributed by atoms with E-state index in [4.69, 9.17) is 16.3 Å². The molecule has 0 amide bonds. The predicted octanol–water partition coefficient (Wildman–Crippen LogP) is 6.26. The lowest BCUT2D eigenvalue weighted by Gasteiger charge is -2.31. The van der Waals surface area contributed by atoms with E-state index in [1.54, 1.807) is 18.2 Å². The van der Waals surface area contributed by atoms with Crippen molar-refractivity contribution >= 4 is 39.5 Å². The molecule has 0 atom stereocenters. The monoisotopic (exact) mass is 497 g/mol. The van der Waals surface area contributed by atoms with Crippen LogP contribution >= 0.6 is 11.6 Å². The Bertz CT molecular complexity index is 1320. The van der Waals surface area contributed by atoms with Gasteiger partial charge in [-0.1, -0.05) is 35.9 Å². The van der Waals surface area contributed by atoms with Crippen molar-refractivity contribution in [3.8, 4) is 5.75 Å². The Labute approximate surface area is 192 Å². The van der Waals surface area contributed by atoms with Crippen LogP contribution in [0.15, 0.2) is 65.6 Å². The molecule has 10 heteroatoms. The molecule has 4 nitrogen and oxygen atoms in total. The van der Waals surface area contributed by atoms with Gasteiger partial charge < -0.3 is 4.74 Å². The third kappa shape index (κ3) is 4.69. The molecule has 0 saturated carbocycles. The summed E-state index contributed by atoms with van der Waals surface area (Å²) >= 11 is 6.03. The van der Waals surface area contributed by atoms with Gasteiger partial charge in [-0.3, -0.25) is 4.31 Å². The van der Waals surface area contributed by atoms with Gasteiger partial charge in [-0.25, -0.2) is 12.8 Å². The molecule has 0 saturated heterocycles. The fraction of sp³-hybridized carbons (Fsp3) is 0.130. The van der Waals surface area contributed by atoms with Gasteiger partial charge >= 0.3 is 6.18 Å². The van der Waals surface area contributed by atoms with Crippen molar-refractivity contribution in [3.05, 3.63) is 88.2 Å². The average Bonchev–Trinajstić information content (AvgIpc) is 2.77. The van der Waals surface area contributed by atoms with Gasteiger partial charge in [-0.2, -0.15) is 13.2 Å². The summed E-state index contributed by atoms with van der Waals surface area (Å²) in [7, 11) is -4.31. The normalized spacial score (nSPS) is 14.3. The zero-order valence-corrected chi connectivity index (χ0v) is 18.4. The molecule has 0 fully saturated rings. The molecule has 33 heavy (non-hydrogen) atoms. The molecule has 0 spiro atoms. The zero-order chi connectivity index (χ0) is 23.8. The minimum atomic E-state index is -4.68. The van der Waals surface area contributed by atoms with Crippen LogP contribution in [0.5, 0.6) is 5.75 Å². The van der Waals surface area contributed by atoms with Crippen molar-refractivity contribution in [1.29, 1.82) is 0 Å². The van der Waals surface area contributed by atoms with E-state index >= 15 is 0 Å². The van der Waals surface area contributed by atoms with Gasteiger partial charge in [-0.15, -0.1) is 0 Å². The van der Waals surface area contributed by atoms with E-state index in [0.29, 0.717) is 11.6 Å². The van der Waals surface area contributed by atoms with Gasteiger partial charge in [0.15, 0.2) is 0 Å². The second-order valence-electron chi connectivity index (χ2n) is 7.15. The molecule has 0 N–H and O–H groups in total. The summed E-state index contributed by atoms with van der Waals surface area (Å²) in [4.78, 5) is -0.482. The number of nitrogens with zero attached hydrogens (tertiary/aromatic N) is 1. The Balaban J connectivity index is 1.72. The number of benzene rings is 3. The number of hydrogen-bond acceptors (Lipinski definition) is 3. The zero-order valence-electron chi connectivity index (χ0n) is 16.8. The standard InChI is InChI=1S/C23H16ClF4NO3S/c24-19-5-2-6-20(25)18(19)9-7-15-8-10-22-21(13-15)29(11-12-32-22)33(30,31)17-4-1-3-16(14-17)23(26,27)28/h1-10,13-14H,11-12H2/b9-7+.